The summed E-state index contributed by atoms with van der Waals surface area (Å²) in [6.07, 6.45) is 3.39. The van der Waals surface area contributed by atoms with Gasteiger partial charge in [0.05, 0.1) is 11.4 Å². The third-order valence-corrected chi connectivity index (χ3v) is 6.91. The number of hydrogen-bond acceptors (Lipinski definition) is 4. The van der Waals surface area contributed by atoms with Crippen LogP contribution in [0.2, 0.25) is 0 Å². The Labute approximate surface area is 196 Å². The van der Waals surface area contributed by atoms with Crippen LogP contribution in [0.15, 0.2) is 66.7 Å². The number of hydrogen-bond donors (Lipinski definition) is 0. The van der Waals surface area contributed by atoms with Crippen LogP contribution in [-0.2, 0) is 13.0 Å². The largest absolute Gasteiger partial charge is 0.487 e. The molecule has 2 aliphatic heterocycles. The van der Waals surface area contributed by atoms with Crippen molar-refractivity contribution in [1.29, 1.82) is 0 Å². The predicted molar refractivity (Wildman–Crippen MR) is 133 cm³/mol. The molecular weight excluding hydrogens is 413 g/mol. The summed E-state index contributed by atoms with van der Waals surface area (Å²) in [6.45, 7) is 3.44. The standard InChI is InChI=1S/C28H32FN3O/c1-30(2)24-13-9-21(10-14-24)15-17-31-16-5-6-25(31)19-32-26-7-3-4-8-28(26)33-20-22-11-12-23(29)18-27(22)32/h3-4,7-14,18,25H,5-6,15-17,19-20H2,1-2H3/t25-/m1/s1. The number of likely N-dealkylation sites (tertiary alicyclic amines) is 1. The van der Waals surface area contributed by atoms with Gasteiger partial charge in [-0.2, -0.15) is 0 Å². The summed E-state index contributed by atoms with van der Waals surface area (Å²) in [7, 11) is 4.14. The molecule has 172 valence electrons. The number of halogens is 1. The van der Waals surface area contributed by atoms with Crippen LogP contribution >= 0.6 is 0 Å². The molecular formula is C28H32FN3O. The Balaban J connectivity index is 1.35. The maximum absolute atomic E-state index is 14.3. The lowest BCUT2D eigenvalue weighted by molar-refractivity contribution is 0.261. The van der Waals surface area contributed by atoms with Crippen molar-refractivity contribution in [3.63, 3.8) is 0 Å². The Bertz CT molecular complexity index is 1100. The molecule has 3 aromatic carbocycles. The topological polar surface area (TPSA) is 19.0 Å². The van der Waals surface area contributed by atoms with E-state index in [4.69, 9.17) is 4.74 Å². The molecule has 0 bridgehead atoms. The molecule has 0 radical (unpaired) electrons. The van der Waals surface area contributed by atoms with Gasteiger partial charge in [0.25, 0.3) is 0 Å². The minimum Gasteiger partial charge on any atom is -0.487 e. The monoisotopic (exact) mass is 445 g/mol. The van der Waals surface area contributed by atoms with Gasteiger partial charge in [-0.25, -0.2) is 4.39 Å². The van der Waals surface area contributed by atoms with Gasteiger partial charge in [0.15, 0.2) is 0 Å². The number of ether oxygens (including phenoxy) is 1. The zero-order chi connectivity index (χ0) is 22.8. The van der Waals surface area contributed by atoms with Gasteiger partial charge in [-0.15, -0.1) is 0 Å². The first-order valence-corrected chi connectivity index (χ1v) is 11.9. The number of nitrogens with zero attached hydrogens (tertiary/aromatic N) is 3. The van der Waals surface area contributed by atoms with Crippen molar-refractivity contribution < 1.29 is 9.13 Å². The Morgan fingerprint density at radius 2 is 1.82 bits per heavy atom. The van der Waals surface area contributed by atoms with Crippen LogP contribution < -0.4 is 14.5 Å². The van der Waals surface area contributed by atoms with Crippen LogP contribution in [0.5, 0.6) is 5.75 Å². The van der Waals surface area contributed by atoms with Crippen molar-refractivity contribution in [2.75, 3.05) is 43.5 Å². The normalized spacial score (nSPS) is 17.8. The first-order valence-electron chi connectivity index (χ1n) is 11.9. The van der Waals surface area contributed by atoms with Crippen LogP contribution in [-0.4, -0.2) is 44.7 Å². The summed E-state index contributed by atoms with van der Waals surface area (Å²) in [5, 5.41) is 0. The fraction of sp³-hybridized carbons (Fsp3) is 0.357. The SMILES string of the molecule is CN(C)c1ccc(CCN2CCC[C@@H]2CN2c3cc(F)ccc3COc3ccccc32)cc1. The van der Waals surface area contributed by atoms with Crippen LogP contribution in [0.1, 0.15) is 24.0 Å². The first-order chi connectivity index (χ1) is 16.1. The molecule has 1 atom stereocenters. The molecule has 4 nitrogen and oxygen atoms in total. The maximum atomic E-state index is 14.3. The van der Waals surface area contributed by atoms with Gasteiger partial charge < -0.3 is 14.5 Å². The van der Waals surface area contributed by atoms with Crippen LogP contribution in [0, 0.1) is 5.82 Å². The average molecular weight is 446 g/mol. The predicted octanol–water partition coefficient (Wildman–Crippen LogP) is 5.63. The second kappa shape index (κ2) is 9.44. The van der Waals surface area contributed by atoms with Gasteiger partial charge in [-0.1, -0.05) is 30.3 Å². The maximum Gasteiger partial charge on any atom is 0.143 e. The lowest BCUT2D eigenvalue weighted by atomic mass is 10.1. The highest BCUT2D eigenvalue weighted by Gasteiger charge is 2.30. The lowest BCUT2D eigenvalue weighted by Crippen LogP contribution is -2.39. The summed E-state index contributed by atoms with van der Waals surface area (Å²) in [4.78, 5) is 7.01. The van der Waals surface area contributed by atoms with E-state index >= 15 is 0 Å². The molecule has 1 saturated heterocycles. The van der Waals surface area contributed by atoms with E-state index in [1.54, 1.807) is 6.07 Å². The summed E-state index contributed by atoms with van der Waals surface area (Å²) in [5.74, 6) is 0.655. The van der Waals surface area contributed by atoms with E-state index in [9.17, 15) is 4.39 Å². The number of rotatable bonds is 6. The van der Waals surface area contributed by atoms with E-state index in [0.29, 0.717) is 12.6 Å². The summed E-state index contributed by atoms with van der Waals surface area (Å²) >= 11 is 0. The number of para-hydroxylation sites is 2. The van der Waals surface area contributed by atoms with Gasteiger partial charge in [-0.3, -0.25) is 4.90 Å². The van der Waals surface area contributed by atoms with Gasteiger partial charge >= 0.3 is 0 Å². The highest BCUT2D eigenvalue weighted by Crippen LogP contribution is 2.40. The van der Waals surface area contributed by atoms with E-state index in [0.717, 1.165) is 55.2 Å². The molecule has 5 heteroatoms. The Kier molecular flexibility index (Phi) is 6.23. The fourth-order valence-electron chi connectivity index (χ4n) is 5.03. The number of benzene rings is 3. The van der Waals surface area contributed by atoms with Crippen molar-refractivity contribution in [3.05, 3.63) is 83.7 Å². The zero-order valence-corrected chi connectivity index (χ0v) is 19.5. The number of fused-ring (bicyclic) bond motifs is 2. The van der Waals surface area contributed by atoms with Gasteiger partial charge in [-0.05, 0) is 67.8 Å². The molecule has 0 aromatic heterocycles. The molecule has 0 N–H and O–H groups in total. The van der Waals surface area contributed by atoms with E-state index < -0.39 is 0 Å². The molecule has 33 heavy (non-hydrogen) atoms. The molecule has 5 rings (SSSR count). The van der Waals surface area contributed by atoms with Crippen molar-refractivity contribution in [1.82, 2.24) is 4.90 Å². The molecule has 0 saturated carbocycles. The van der Waals surface area contributed by atoms with Gasteiger partial charge in [0.2, 0.25) is 0 Å². The highest BCUT2D eigenvalue weighted by atomic mass is 19.1. The average Bonchev–Trinajstić information content (AvgIpc) is 3.21. The van der Waals surface area contributed by atoms with Gasteiger partial charge in [0.1, 0.15) is 18.2 Å². The highest BCUT2D eigenvalue weighted by molar-refractivity contribution is 5.73. The fourth-order valence-corrected chi connectivity index (χ4v) is 5.03. The summed E-state index contributed by atoms with van der Waals surface area (Å²) in [5.41, 5.74) is 5.56. The van der Waals surface area contributed by atoms with Crippen LogP contribution in [0.4, 0.5) is 21.5 Å². The van der Waals surface area contributed by atoms with E-state index in [1.807, 2.05) is 24.3 Å². The smallest absolute Gasteiger partial charge is 0.143 e. The van der Waals surface area contributed by atoms with Crippen LogP contribution in [0.25, 0.3) is 0 Å². The Morgan fingerprint density at radius 3 is 2.64 bits per heavy atom. The molecule has 3 aromatic rings. The third kappa shape index (κ3) is 4.69. The zero-order valence-electron chi connectivity index (χ0n) is 19.5. The Hall–Kier alpha value is -3.05. The number of anilines is 3. The molecule has 0 unspecified atom stereocenters. The Morgan fingerprint density at radius 1 is 1.00 bits per heavy atom. The van der Waals surface area contributed by atoms with Crippen molar-refractivity contribution >= 4 is 17.1 Å². The van der Waals surface area contributed by atoms with E-state index in [2.05, 4.69) is 59.1 Å². The van der Waals surface area contributed by atoms with Crippen molar-refractivity contribution in [2.24, 2.45) is 0 Å². The molecule has 1 fully saturated rings. The second-order valence-electron chi connectivity index (χ2n) is 9.28. The molecule has 0 amide bonds. The molecule has 2 heterocycles. The quantitative estimate of drug-likeness (QED) is 0.489. The van der Waals surface area contributed by atoms with E-state index in [-0.39, 0.29) is 5.82 Å². The summed E-state index contributed by atoms with van der Waals surface area (Å²) < 4.78 is 20.4. The first kappa shape index (κ1) is 21.8. The lowest BCUT2D eigenvalue weighted by Gasteiger charge is -2.32. The van der Waals surface area contributed by atoms with Crippen molar-refractivity contribution in [3.8, 4) is 5.75 Å². The molecule has 0 aliphatic carbocycles. The van der Waals surface area contributed by atoms with Crippen molar-refractivity contribution in [2.45, 2.75) is 31.9 Å². The minimum atomic E-state index is -0.206. The summed E-state index contributed by atoms with van der Waals surface area (Å²) in [6, 6.07) is 22.4. The van der Waals surface area contributed by atoms with E-state index in [1.165, 1.54) is 23.7 Å². The third-order valence-electron chi connectivity index (χ3n) is 6.91. The molecule has 2 aliphatic rings. The van der Waals surface area contributed by atoms with Gasteiger partial charge in [0, 0.05) is 44.5 Å². The van der Waals surface area contributed by atoms with Crippen LogP contribution in [0.3, 0.4) is 0 Å². The molecule has 0 spiro atoms. The minimum absolute atomic E-state index is 0.206. The second-order valence-corrected chi connectivity index (χ2v) is 9.28.